The van der Waals surface area contributed by atoms with Crippen molar-refractivity contribution in [2.75, 3.05) is 5.32 Å². The molecule has 0 saturated carbocycles. The molecule has 0 spiro atoms. The summed E-state index contributed by atoms with van der Waals surface area (Å²) in [6.45, 7) is 6.12. The first-order valence-electron chi connectivity index (χ1n) is 5.89. The maximum Gasteiger partial charge on any atom is 0.279 e. The van der Waals surface area contributed by atoms with E-state index >= 15 is 0 Å². The summed E-state index contributed by atoms with van der Waals surface area (Å²) in [5, 5.41) is 19.0. The zero-order valence-corrected chi connectivity index (χ0v) is 11.1. The van der Waals surface area contributed by atoms with E-state index in [4.69, 9.17) is 0 Å². The van der Waals surface area contributed by atoms with Gasteiger partial charge in [0.25, 0.3) is 5.91 Å². The molecule has 1 amide bonds. The lowest BCUT2D eigenvalue weighted by Gasteiger charge is -2.14. The second-order valence-electron chi connectivity index (χ2n) is 5.24. The molecule has 2 rings (SSSR count). The number of rotatable bonds is 2. The van der Waals surface area contributed by atoms with Gasteiger partial charge in [0.1, 0.15) is 5.75 Å². The normalized spacial score (nSPS) is 11.3. The lowest BCUT2D eigenvalue weighted by atomic mass is 9.92. The van der Waals surface area contributed by atoms with E-state index in [1.54, 1.807) is 12.1 Å². The number of aromatic nitrogens is 3. The van der Waals surface area contributed by atoms with Crippen molar-refractivity contribution < 1.29 is 9.90 Å². The van der Waals surface area contributed by atoms with Crippen LogP contribution in [0.5, 0.6) is 5.75 Å². The van der Waals surface area contributed by atoms with Crippen LogP contribution in [0.15, 0.2) is 24.4 Å². The van der Waals surface area contributed by atoms with Crippen molar-refractivity contribution in [3.8, 4) is 5.75 Å². The molecule has 3 N–H and O–H groups in total. The summed E-state index contributed by atoms with van der Waals surface area (Å²) in [5.41, 5.74) is 0.805. The summed E-state index contributed by atoms with van der Waals surface area (Å²) in [7, 11) is 0. The van der Waals surface area contributed by atoms with Crippen molar-refractivity contribution >= 4 is 11.7 Å². The molecule has 6 heteroatoms. The number of H-pyrrole nitrogens is 1. The molecule has 2 aromatic heterocycles. The van der Waals surface area contributed by atoms with Crippen LogP contribution in [0.3, 0.4) is 0 Å². The molecule has 0 fully saturated rings. The molecular formula is C13H16N4O2. The number of aromatic hydroxyl groups is 1. The van der Waals surface area contributed by atoms with Crippen molar-refractivity contribution in [2.24, 2.45) is 0 Å². The minimum Gasteiger partial charge on any atom is -0.505 e. The Morgan fingerprint density at radius 1 is 1.42 bits per heavy atom. The van der Waals surface area contributed by atoms with Crippen LogP contribution < -0.4 is 5.32 Å². The van der Waals surface area contributed by atoms with Crippen molar-refractivity contribution in [1.29, 1.82) is 0 Å². The van der Waals surface area contributed by atoms with E-state index < -0.39 is 5.91 Å². The van der Waals surface area contributed by atoms with E-state index in [0.29, 0.717) is 5.82 Å². The van der Waals surface area contributed by atoms with Crippen LogP contribution >= 0.6 is 0 Å². The molecule has 6 nitrogen and oxygen atoms in total. The molecule has 0 aromatic carbocycles. The van der Waals surface area contributed by atoms with Crippen LogP contribution in [0.25, 0.3) is 0 Å². The molecule has 19 heavy (non-hydrogen) atoms. The van der Waals surface area contributed by atoms with Gasteiger partial charge in [0.2, 0.25) is 0 Å². The quantitative estimate of drug-likeness (QED) is 0.770. The first-order valence-corrected chi connectivity index (χ1v) is 5.89. The molecule has 100 valence electrons. The standard InChI is InChI=1S/C13H16N4O2/c1-13(2,3)9-7-10(17-16-9)15-12(19)11-8(18)5-4-6-14-11/h4-7,18H,1-3H3,(H2,15,16,17,19). The van der Waals surface area contributed by atoms with Gasteiger partial charge in [-0.2, -0.15) is 5.10 Å². The van der Waals surface area contributed by atoms with Gasteiger partial charge in [0.05, 0.1) is 0 Å². The van der Waals surface area contributed by atoms with Crippen LogP contribution in [0.4, 0.5) is 5.82 Å². The predicted octanol–water partition coefficient (Wildman–Crippen LogP) is 2.06. The van der Waals surface area contributed by atoms with Crippen LogP contribution in [-0.2, 0) is 5.41 Å². The summed E-state index contributed by atoms with van der Waals surface area (Å²) in [6.07, 6.45) is 1.44. The lowest BCUT2D eigenvalue weighted by Crippen LogP contribution is -2.14. The first kappa shape index (κ1) is 13.1. The summed E-state index contributed by atoms with van der Waals surface area (Å²) in [6, 6.07) is 4.73. The molecule has 2 heterocycles. The maximum atomic E-state index is 11.9. The highest BCUT2D eigenvalue weighted by Gasteiger charge is 2.18. The molecule has 0 aliphatic carbocycles. The Kier molecular flexibility index (Phi) is 3.25. The topological polar surface area (TPSA) is 90.9 Å². The highest BCUT2D eigenvalue weighted by Crippen LogP contribution is 2.22. The monoisotopic (exact) mass is 260 g/mol. The molecule has 0 radical (unpaired) electrons. The second-order valence-corrected chi connectivity index (χ2v) is 5.24. The third kappa shape index (κ3) is 2.90. The van der Waals surface area contributed by atoms with Crippen LogP contribution in [0, 0.1) is 0 Å². The molecule has 0 unspecified atom stereocenters. The largest absolute Gasteiger partial charge is 0.505 e. The first-order chi connectivity index (χ1) is 8.88. The number of carbonyl (C=O) groups excluding carboxylic acids is 1. The number of anilines is 1. The maximum absolute atomic E-state index is 11.9. The number of amides is 1. The minimum absolute atomic E-state index is 0.0252. The van der Waals surface area contributed by atoms with Gasteiger partial charge in [-0.25, -0.2) is 4.98 Å². The Balaban J connectivity index is 2.16. The zero-order valence-electron chi connectivity index (χ0n) is 11.1. The smallest absolute Gasteiger partial charge is 0.279 e. The number of hydrogen-bond donors (Lipinski definition) is 3. The van der Waals surface area contributed by atoms with Gasteiger partial charge in [0, 0.05) is 23.4 Å². The van der Waals surface area contributed by atoms with Gasteiger partial charge in [-0.3, -0.25) is 9.89 Å². The summed E-state index contributed by atoms with van der Waals surface area (Å²) in [4.78, 5) is 15.7. The fraction of sp³-hybridized carbons (Fsp3) is 0.308. The highest BCUT2D eigenvalue weighted by molar-refractivity contribution is 6.04. The van der Waals surface area contributed by atoms with Gasteiger partial charge in [0.15, 0.2) is 11.5 Å². The van der Waals surface area contributed by atoms with Crippen molar-refractivity contribution in [3.63, 3.8) is 0 Å². The number of carbonyl (C=O) groups is 1. The number of pyridine rings is 1. The Labute approximate surface area is 110 Å². The number of hydrogen-bond acceptors (Lipinski definition) is 4. The van der Waals surface area contributed by atoms with Crippen molar-refractivity contribution in [2.45, 2.75) is 26.2 Å². The van der Waals surface area contributed by atoms with Gasteiger partial charge >= 0.3 is 0 Å². The van der Waals surface area contributed by atoms with Crippen molar-refractivity contribution in [3.05, 3.63) is 35.8 Å². The number of nitrogens with zero attached hydrogens (tertiary/aromatic N) is 2. The Hall–Kier alpha value is -2.37. The average molecular weight is 260 g/mol. The van der Waals surface area contributed by atoms with Crippen LogP contribution in [0.2, 0.25) is 0 Å². The summed E-state index contributed by atoms with van der Waals surface area (Å²) in [5.74, 6) is -0.253. The van der Waals surface area contributed by atoms with E-state index in [-0.39, 0.29) is 16.9 Å². The molecule has 0 saturated heterocycles. The second kappa shape index (κ2) is 4.72. The number of nitrogens with one attached hydrogen (secondary N) is 2. The van der Waals surface area contributed by atoms with E-state index in [1.165, 1.54) is 12.3 Å². The Morgan fingerprint density at radius 2 is 2.16 bits per heavy atom. The lowest BCUT2D eigenvalue weighted by molar-refractivity contribution is 0.101. The van der Waals surface area contributed by atoms with Crippen molar-refractivity contribution in [1.82, 2.24) is 15.2 Å². The fourth-order valence-electron chi connectivity index (χ4n) is 1.52. The van der Waals surface area contributed by atoms with E-state index in [0.717, 1.165) is 5.69 Å². The summed E-state index contributed by atoms with van der Waals surface area (Å²) >= 11 is 0. The Bertz CT molecular complexity index is 599. The molecule has 2 aromatic rings. The third-order valence-electron chi connectivity index (χ3n) is 2.63. The molecular weight excluding hydrogens is 244 g/mol. The molecule has 0 aliphatic rings. The van der Waals surface area contributed by atoms with Crippen LogP contribution in [-0.4, -0.2) is 26.2 Å². The van der Waals surface area contributed by atoms with Crippen LogP contribution in [0.1, 0.15) is 37.0 Å². The molecule has 0 atom stereocenters. The SMILES string of the molecule is CC(C)(C)c1cc(NC(=O)c2ncccc2O)n[nH]1. The highest BCUT2D eigenvalue weighted by atomic mass is 16.3. The van der Waals surface area contributed by atoms with Gasteiger partial charge in [-0.15, -0.1) is 0 Å². The fourth-order valence-corrected chi connectivity index (χ4v) is 1.52. The van der Waals surface area contributed by atoms with Gasteiger partial charge in [-0.05, 0) is 12.1 Å². The minimum atomic E-state index is -0.495. The molecule has 0 aliphatic heterocycles. The Morgan fingerprint density at radius 3 is 2.74 bits per heavy atom. The summed E-state index contributed by atoms with van der Waals surface area (Å²) < 4.78 is 0. The average Bonchev–Trinajstić information content (AvgIpc) is 2.77. The van der Waals surface area contributed by atoms with Gasteiger partial charge in [-0.1, -0.05) is 20.8 Å². The zero-order chi connectivity index (χ0) is 14.0. The predicted molar refractivity (Wildman–Crippen MR) is 71.1 cm³/mol. The van der Waals surface area contributed by atoms with Gasteiger partial charge < -0.3 is 10.4 Å². The third-order valence-corrected chi connectivity index (χ3v) is 2.63. The van der Waals surface area contributed by atoms with E-state index in [9.17, 15) is 9.90 Å². The van der Waals surface area contributed by atoms with E-state index in [1.807, 2.05) is 20.8 Å². The van der Waals surface area contributed by atoms with E-state index in [2.05, 4.69) is 20.5 Å². The molecule has 0 bridgehead atoms. The number of aromatic amines is 1.